The first kappa shape index (κ1) is 21.7. The van der Waals surface area contributed by atoms with Crippen molar-refractivity contribution in [2.45, 2.75) is 58.0 Å². The van der Waals surface area contributed by atoms with Gasteiger partial charge in [-0.3, -0.25) is 19.3 Å². The Hall–Kier alpha value is -2.18. The monoisotopic (exact) mass is 435 g/mol. The lowest BCUT2D eigenvalue weighted by atomic mass is 9.89. The third kappa shape index (κ3) is 4.48. The SMILES string of the molecule is Cc1cccc(CN2CCN(C3CCc4c(c(C(=O)N5CCCCC5)nn4C)C3)CC2)c1. The summed E-state index contributed by atoms with van der Waals surface area (Å²) < 4.78 is 1.97. The first-order valence-electron chi connectivity index (χ1n) is 12.4. The number of fused-ring (bicyclic) bond motifs is 1. The van der Waals surface area contributed by atoms with Gasteiger partial charge in [-0.2, -0.15) is 5.10 Å². The van der Waals surface area contributed by atoms with Crippen LogP contribution in [-0.4, -0.2) is 75.7 Å². The Kier molecular flexibility index (Phi) is 6.33. The average molecular weight is 436 g/mol. The van der Waals surface area contributed by atoms with Crippen molar-refractivity contribution in [2.75, 3.05) is 39.3 Å². The molecule has 2 fully saturated rings. The Bertz CT molecular complexity index is 953. The molecular formula is C26H37N5O. The zero-order valence-electron chi connectivity index (χ0n) is 19.7. The Morgan fingerprint density at radius 2 is 1.84 bits per heavy atom. The van der Waals surface area contributed by atoms with E-state index in [0.717, 1.165) is 77.2 Å². The highest BCUT2D eigenvalue weighted by molar-refractivity contribution is 5.94. The number of piperidine rings is 1. The average Bonchev–Trinajstić information content (AvgIpc) is 3.15. The van der Waals surface area contributed by atoms with E-state index in [1.807, 2.05) is 16.6 Å². The number of likely N-dealkylation sites (tertiary alicyclic amines) is 1. The maximum atomic E-state index is 13.2. The molecule has 0 bridgehead atoms. The highest BCUT2D eigenvalue weighted by Crippen LogP contribution is 2.29. The van der Waals surface area contributed by atoms with Crippen LogP contribution in [0.15, 0.2) is 24.3 Å². The minimum atomic E-state index is 0.158. The summed E-state index contributed by atoms with van der Waals surface area (Å²) in [6, 6.07) is 9.41. The van der Waals surface area contributed by atoms with Crippen molar-refractivity contribution < 1.29 is 4.79 Å². The molecule has 1 aliphatic carbocycles. The predicted octanol–water partition coefficient (Wildman–Crippen LogP) is 3.03. The molecule has 0 radical (unpaired) electrons. The summed E-state index contributed by atoms with van der Waals surface area (Å²) in [4.78, 5) is 20.5. The van der Waals surface area contributed by atoms with Gasteiger partial charge in [0.25, 0.3) is 5.91 Å². The van der Waals surface area contributed by atoms with Crippen LogP contribution < -0.4 is 0 Å². The molecular weight excluding hydrogens is 398 g/mol. The van der Waals surface area contributed by atoms with Crippen LogP contribution in [0.25, 0.3) is 0 Å². The van der Waals surface area contributed by atoms with Gasteiger partial charge in [-0.05, 0) is 51.0 Å². The first-order valence-corrected chi connectivity index (χ1v) is 12.4. The van der Waals surface area contributed by atoms with E-state index in [2.05, 4.69) is 41.0 Å². The fraction of sp³-hybridized carbons (Fsp3) is 0.615. The van der Waals surface area contributed by atoms with Gasteiger partial charge in [0.05, 0.1) is 0 Å². The van der Waals surface area contributed by atoms with Crippen molar-refractivity contribution in [2.24, 2.45) is 7.05 Å². The quantitative estimate of drug-likeness (QED) is 0.741. The molecule has 3 heterocycles. The van der Waals surface area contributed by atoms with Gasteiger partial charge in [0.2, 0.25) is 0 Å². The Labute approximate surface area is 192 Å². The van der Waals surface area contributed by atoms with Crippen LogP contribution in [-0.2, 0) is 26.4 Å². The van der Waals surface area contributed by atoms with Crippen LogP contribution in [0.3, 0.4) is 0 Å². The third-order valence-electron chi connectivity index (χ3n) is 7.69. The number of amides is 1. The Morgan fingerprint density at radius 3 is 2.59 bits per heavy atom. The van der Waals surface area contributed by atoms with E-state index >= 15 is 0 Å². The summed E-state index contributed by atoms with van der Waals surface area (Å²) in [6.07, 6.45) is 6.65. The van der Waals surface area contributed by atoms with Crippen molar-refractivity contribution in [1.82, 2.24) is 24.5 Å². The van der Waals surface area contributed by atoms with Crippen molar-refractivity contribution in [3.8, 4) is 0 Å². The maximum absolute atomic E-state index is 13.2. The van der Waals surface area contributed by atoms with Crippen LogP contribution in [0, 0.1) is 6.92 Å². The van der Waals surface area contributed by atoms with E-state index in [1.54, 1.807) is 0 Å². The van der Waals surface area contributed by atoms with Gasteiger partial charge in [-0.25, -0.2) is 0 Å². The lowest BCUT2D eigenvalue weighted by Gasteiger charge is -2.41. The largest absolute Gasteiger partial charge is 0.337 e. The standard InChI is InChI=1S/C26H37N5O/c1-20-7-6-8-21(17-20)19-29-13-15-30(16-14-29)22-9-10-24-23(18-22)25(27-28(24)2)26(32)31-11-4-3-5-12-31/h6-8,17,22H,3-5,9-16,18-19H2,1-2H3. The van der Waals surface area contributed by atoms with Gasteiger partial charge in [0.15, 0.2) is 5.69 Å². The van der Waals surface area contributed by atoms with Crippen LogP contribution >= 0.6 is 0 Å². The zero-order chi connectivity index (χ0) is 22.1. The topological polar surface area (TPSA) is 44.6 Å². The number of aryl methyl sites for hydroxylation is 2. The van der Waals surface area contributed by atoms with Crippen LogP contribution in [0.4, 0.5) is 0 Å². The summed E-state index contributed by atoms with van der Waals surface area (Å²) in [5.41, 5.74) is 5.98. The molecule has 2 saturated heterocycles. The van der Waals surface area contributed by atoms with E-state index in [9.17, 15) is 4.79 Å². The molecule has 0 spiro atoms. The van der Waals surface area contributed by atoms with Crippen LogP contribution in [0.2, 0.25) is 0 Å². The minimum absolute atomic E-state index is 0.158. The highest BCUT2D eigenvalue weighted by Gasteiger charge is 2.33. The zero-order valence-corrected chi connectivity index (χ0v) is 19.7. The van der Waals surface area contributed by atoms with Gasteiger partial charge in [-0.15, -0.1) is 0 Å². The lowest BCUT2D eigenvalue weighted by molar-refractivity contribution is 0.0712. The molecule has 1 unspecified atom stereocenters. The lowest BCUT2D eigenvalue weighted by Crippen LogP contribution is -2.51. The molecule has 3 aliphatic rings. The summed E-state index contributed by atoms with van der Waals surface area (Å²) in [6.45, 7) is 9.44. The van der Waals surface area contributed by atoms with Gasteiger partial charge in [-0.1, -0.05) is 29.8 Å². The van der Waals surface area contributed by atoms with Gasteiger partial charge in [0, 0.05) is 70.2 Å². The normalized spacial score (nSPS) is 22.7. The number of aromatic nitrogens is 2. The second-order valence-corrected chi connectivity index (χ2v) is 9.95. The van der Waals surface area contributed by atoms with E-state index in [1.165, 1.54) is 35.2 Å². The molecule has 1 amide bonds. The molecule has 1 atom stereocenters. The van der Waals surface area contributed by atoms with Crippen molar-refractivity contribution >= 4 is 5.91 Å². The van der Waals surface area contributed by atoms with E-state index < -0.39 is 0 Å². The summed E-state index contributed by atoms with van der Waals surface area (Å²) in [7, 11) is 2.01. The van der Waals surface area contributed by atoms with E-state index in [4.69, 9.17) is 5.10 Å². The van der Waals surface area contributed by atoms with Crippen molar-refractivity contribution in [3.63, 3.8) is 0 Å². The number of hydrogen-bond donors (Lipinski definition) is 0. The maximum Gasteiger partial charge on any atom is 0.274 e. The molecule has 6 heteroatoms. The number of carbonyl (C=O) groups excluding carboxylic acids is 1. The van der Waals surface area contributed by atoms with Crippen LogP contribution in [0.5, 0.6) is 0 Å². The summed E-state index contributed by atoms with van der Waals surface area (Å²) in [5, 5.41) is 4.71. The number of nitrogens with zero attached hydrogens (tertiary/aromatic N) is 5. The molecule has 2 aliphatic heterocycles. The summed E-state index contributed by atoms with van der Waals surface area (Å²) >= 11 is 0. The van der Waals surface area contributed by atoms with E-state index in [0.29, 0.717) is 6.04 Å². The van der Waals surface area contributed by atoms with Gasteiger partial charge in [0.1, 0.15) is 0 Å². The first-order chi connectivity index (χ1) is 15.6. The second-order valence-electron chi connectivity index (χ2n) is 9.95. The molecule has 5 rings (SSSR count). The molecule has 172 valence electrons. The van der Waals surface area contributed by atoms with Crippen molar-refractivity contribution in [1.29, 1.82) is 0 Å². The minimum Gasteiger partial charge on any atom is -0.337 e. The molecule has 6 nitrogen and oxygen atoms in total. The molecule has 0 saturated carbocycles. The molecule has 2 aromatic rings. The molecule has 0 N–H and O–H groups in total. The molecule has 32 heavy (non-hydrogen) atoms. The van der Waals surface area contributed by atoms with Gasteiger partial charge >= 0.3 is 0 Å². The molecule has 1 aromatic carbocycles. The fourth-order valence-electron chi connectivity index (χ4n) is 5.86. The highest BCUT2D eigenvalue weighted by atomic mass is 16.2. The number of carbonyl (C=O) groups is 1. The predicted molar refractivity (Wildman–Crippen MR) is 127 cm³/mol. The van der Waals surface area contributed by atoms with Crippen LogP contribution in [0.1, 0.15) is 58.6 Å². The Morgan fingerprint density at radius 1 is 1.06 bits per heavy atom. The smallest absolute Gasteiger partial charge is 0.274 e. The number of rotatable bonds is 4. The van der Waals surface area contributed by atoms with E-state index in [-0.39, 0.29) is 5.91 Å². The Balaban J connectivity index is 1.22. The second kappa shape index (κ2) is 9.36. The van der Waals surface area contributed by atoms with Gasteiger partial charge < -0.3 is 4.90 Å². The summed E-state index contributed by atoms with van der Waals surface area (Å²) in [5.74, 6) is 0.158. The third-order valence-corrected chi connectivity index (χ3v) is 7.69. The number of hydrogen-bond acceptors (Lipinski definition) is 4. The van der Waals surface area contributed by atoms with Crippen molar-refractivity contribution in [3.05, 3.63) is 52.3 Å². The number of piperazine rings is 1. The number of benzene rings is 1. The fourth-order valence-corrected chi connectivity index (χ4v) is 5.86. The molecule has 1 aromatic heterocycles.